The van der Waals surface area contributed by atoms with E-state index in [4.69, 9.17) is 5.11 Å². The number of aliphatic carboxylic acids is 1. The number of piperidine rings is 1. The Labute approximate surface area is 122 Å². The number of nitrogens with zero attached hydrogens (tertiary/aromatic N) is 1. The lowest BCUT2D eigenvalue weighted by molar-refractivity contribution is -0.143. The summed E-state index contributed by atoms with van der Waals surface area (Å²) >= 11 is 3.54. The first-order valence-electron chi connectivity index (χ1n) is 5.85. The van der Waals surface area contributed by atoms with E-state index in [2.05, 4.69) is 26.9 Å². The summed E-state index contributed by atoms with van der Waals surface area (Å²) in [5.74, 6) is -0.795. The largest absolute Gasteiger partial charge is 0.481 e. The minimum atomic E-state index is -0.648. The Morgan fingerprint density at radius 2 is 1.94 bits per heavy atom. The van der Waals surface area contributed by atoms with E-state index in [0.29, 0.717) is 0 Å². The first-order chi connectivity index (χ1) is 8.16. The number of hydrogen-bond donors (Lipinski definition) is 1. The number of rotatable bonds is 3. The van der Waals surface area contributed by atoms with Crippen LogP contribution in [0.5, 0.6) is 0 Å². The summed E-state index contributed by atoms with van der Waals surface area (Å²) in [5.41, 5.74) is 1.27. The van der Waals surface area contributed by atoms with Crippen molar-refractivity contribution in [3.63, 3.8) is 0 Å². The van der Waals surface area contributed by atoms with E-state index in [9.17, 15) is 4.79 Å². The molecule has 5 heteroatoms. The molecule has 0 unspecified atom stereocenters. The van der Waals surface area contributed by atoms with Crippen LogP contribution in [-0.4, -0.2) is 29.1 Å². The molecular formula is C13H17BrClNO2. The van der Waals surface area contributed by atoms with Crippen LogP contribution in [0.15, 0.2) is 28.7 Å². The van der Waals surface area contributed by atoms with Crippen LogP contribution in [0.4, 0.5) is 0 Å². The van der Waals surface area contributed by atoms with E-state index in [0.717, 1.165) is 36.9 Å². The van der Waals surface area contributed by atoms with Crippen LogP contribution in [0.1, 0.15) is 18.4 Å². The molecule has 1 aromatic carbocycles. The molecule has 0 radical (unpaired) electrons. The van der Waals surface area contributed by atoms with Gasteiger partial charge in [-0.1, -0.05) is 34.1 Å². The smallest absolute Gasteiger partial charge is 0.306 e. The molecule has 18 heavy (non-hydrogen) atoms. The lowest BCUT2D eigenvalue weighted by atomic mass is 9.97. The second kappa shape index (κ2) is 7.12. The Hall–Kier alpha value is -0.580. The third-order valence-corrected chi connectivity index (χ3v) is 4.06. The lowest BCUT2D eigenvalue weighted by Gasteiger charge is -2.30. The van der Waals surface area contributed by atoms with Gasteiger partial charge in [-0.05, 0) is 37.6 Å². The van der Waals surface area contributed by atoms with Crippen molar-refractivity contribution in [1.82, 2.24) is 4.90 Å². The monoisotopic (exact) mass is 333 g/mol. The lowest BCUT2D eigenvalue weighted by Crippen LogP contribution is -2.35. The van der Waals surface area contributed by atoms with Crippen molar-refractivity contribution in [2.45, 2.75) is 19.4 Å². The van der Waals surface area contributed by atoms with Gasteiger partial charge in [-0.15, -0.1) is 12.4 Å². The molecule has 1 heterocycles. The van der Waals surface area contributed by atoms with E-state index in [1.807, 2.05) is 18.2 Å². The van der Waals surface area contributed by atoms with Crippen molar-refractivity contribution in [3.05, 3.63) is 34.3 Å². The number of carbonyl (C=O) groups is 1. The number of halogens is 2. The van der Waals surface area contributed by atoms with Gasteiger partial charge in [-0.3, -0.25) is 9.69 Å². The summed E-state index contributed by atoms with van der Waals surface area (Å²) in [5, 5.41) is 8.93. The highest BCUT2D eigenvalue weighted by atomic mass is 79.9. The van der Waals surface area contributed by atoms with Gasteiger partial charge in [0.15, 0.2) is 0 Å². The summed E-state index contributed by atoms with van der Waals surface area (Å²) < 4.78 is 1.13. The molecule has 1 aromatic rings. The van der Waals surface area contributed by atoms with Gasteiger partial charge < -0.3 is 5.11 Å². The van der Waals surface area contributed by atoms with Crippen LogP contribution >= 0.6 is 28.3 Å². The topological polar surface area (TPSA) is 40.5 Å². The van der Waals surface area contributed by atoms with E-state index in [1.165, 1.54) is 5.56 Å². The molecule has 0 aromatic heterocycles. The fourth-order valence-corrected chi connectivity index (χ4v) is 2.62. The molecule has 0 atom stereocenters. The zero-order valence-electron chi connectivity index (χ0n) is 10.0. The van der Waals surface area contributed by atoms with E-state index >= 15 is 0 Å². The second-order valence-electron chi connectivity index (χ2n) is 4.48. The predicted octanol–water partition coefficient (Wildman–Crippen LogP) is 3.17. The highest BCUT2D eigenvalue weighted by Crippen LogP contribution is 2.22. The third kappa shape index (κ3) is 3.97. The predicted molar refractivity (Wildman–Crippen MR) is 77.0 cm³/mol. The average molecular weight is 335 g/mol. The second-order valence-corrected chi connectivity index (χ2v) is 5.33. The molecular weight excluding hydrogens is 318 g/mol. The Balaban J connectivity index is 0.00000162. The summed E-state index contributed by atoms with van der Waals surface area (Å²) in [6, 6.07) is 8.18. The summed E-state index contributed by atoms with van der Waals surface area (Å²) in [7, 11) is 0. The Morgan fingerprint density at radius 1 is 1.33 bits per heavy atom. The Morgan fingerprint density at radius 3 is 2.50 bits per heavy atom. The summed E-state index contributed by atoms with van der Waals surface area (Å²) in [6.07, 6.45) is 1.53. The summed E-state index contributed by atoms with van der Waals surface area (Å²) in [4.78, 5) is 13.2. The molecule has 3 nitrogen and oxygen atoms in total. The van der Waals surface area contributed by atoms with Crippen LogP contribution in [0.25, 0.3) is 0 Å². The number of likely N-dealkylation sites (tertiary alicyclic amines) is 1. The van der Waals surface area contributed by atoms with E-state index < -0.39 is 5.97 Å². The van der Waals surface area contributed by atoms with Gasteiger partial charge in [0.05, 0.1) is 5.92 Å². The zero-order chi connectivity index (χ0) is 12.3. The van der Waals surface area contributed by atoms with Crippen molar-refractivity contribution in [3.8, 4) is 0 Å². The van der Waals surface area contributed by atoms with Crippen molar-refractivity contribution in [2.75, 3.05) is 13.1 Å². The normalized spacial score (nSPS) is 17.2. The number of carboxylic acids is 1. The minimum Gasteiger partial charge on any atom is -0.481 e. The van der Waals surface area contributed by atoms with Gasteiger partial charge in [0.2, 0.25) is 0 Å². The van der Waals surface area contributed by atoms with Gasteiger partial charge in [0.1, 0.15) is 0 Å². The van der Waals surface area contributed by atoms with Gasteiger partial charge in [0, 0.05) is 11.0 Å². The van der Waals surface area contributed by atoms with Crippen molar-refractivity contribution >= 4 is 34.3 Å². The number of carboxylic acid groups (broad SMARTS) is 1. The van der Waals surface area contributed by atoms with Gasteiger partial charge in [-0.2, -0.15) is 0 Å². The van der Waals surface area contributed by atoms with Crippen LogP contribution in [0, 0.1) is 5.92 Å². The summed E-state index contributed by atoms with van der Waals surface area (Å²) in [6.45, 7) is 2.64. The molecule has 1 fully saturated rings. The van der Waals surface area contributed by atoms with Gasteiger partial charge >= 0.3 is 5.97 Å². The minimum absolute atomic E-state index is 0. The zero-order valence-corrected chi connectivity index (χ0v) is 12.4. The van der Waals surface area contributed by atoms with Crippen molar-refractivity contribution in [1.29, 1.82) is 0 Å². The molecule has 0 bridgehead atoms. The molecule has 0 spiro atoms. The van der Waals surface area contributed by atoms with Crippen LogP contribution in [0.2, 0.25) is 0 Å². The molecule has 2 rings (SSSR count). The van der Waals surface area contributed by atoms with Crippen LogP contribution < -0.4 is 0 Å². The molecule has 0 saturated carbocycles. The SMILES string of the molecule is Cl.O=C(O)C1CCN(Cc2ccccc2Br)CC1. The maximum absolute atomic E-state index is 10.8. The first-order valence-corrected chi connectivity index (χ1v) is 6.64. The first kappa shape index (κ1) is 15.5. The van der Waals surface area contributed by atoms with Crippen LogP contribution in [0.3, 0.4) is 0 Å². The fraction of sp³-hybridized carbons (Fsp3) is 0.462. The molecule has 1 aliphatic rings. The molecule has 1 N–H and O–H groups in total. The molecule has 100 valence electrons. The molecule has 0 amide bonds. The molecule has 0 aliphatic carbocycles. The average Bonchev–Trinajstić information content (AvgIpc) is 2.33. The number of benzene rings is 1. The van der Waals surface area contributed by atoms with Crippen LogP contribution in [-0.2, 0) is 11.3 Å². The standard InChI is InChI=1S/C13H16BrNO2.ClH/c14-12-4-2-1-3-11(12)9-15-7-5-10(6-8-15)13(16)17;/h1-4,10H,5-9H2,(H,16,17);1H. The Bertz CT molecular complexity index is 406. The van der Waals surface area contributed by atoms with Crippen molar-refractivity contribution in [2.24, 2.45) is 5.92 Å². The molecule has 1 saturated heterocycles. The van der Waals surface area contributed by atoms with Gasteiger partial charge in [-0.25, -0.2) is 0 Å². The molecule has 1 aliphatic heterocycles. The quantitative estimate of drug-likeness (QED) is 0.923. The Kier molecular flexibility index (Phi) is 6.12. The number of hydrogen-bond acceptors (Lipinski definition) is 2. The van der Waals surface area contributed by atoms with Crippen molar-refractivity contribution < 1.29 is 9.90 Å². The fourth-order valence-electron chi connectivity index (χ4n) is 2.21. The third-order valence-electron chi connectivity index (χ3n) is 3.29. The maximum Gasteiger partial charge on any atom is 0.306 e. The van der Waals surface area contributed by atoms with E-state index in [1.54, 1.807) is 0 Å². The highest BCUT2D eigenvalue weighted by molar-refractivity contribution is 9.10. The van der Waals surface area contributed by atoms with E-state index in [-0.39, 0.29) is 18.3 Å². The maximum atomic E-state index is 10.8. The van der Waals surface area contributed by atoms with Gasteiger partial charge in [0.25, 0.3) is 0 Å². The highest BCUT2D eigenvalue weighted by Gasteiger charge is 2.24.